The van der Waals surface area contributed by atoms with Crippen LogP contribution in [0.25, 0.3) is 0 Å². The van der Waals surface area contributed by atoms with E-state index in [-0.39, 0.29) is 6.54 Å². The molecule has 4 aromatic rings. The molecule has 32 heavy (non-hydrogen) atoms. The van der Waals surface area contributed by atoms with E-state index in [2.05, 4.69) is 0 Å². The predicted molar refractivity (Wildman–Crippen MR) is 129 cm³/mol. The maximum Gasteiger partial charge on any atom is 0.321 e. The van der Waals surface area contributed by atoms with Crippen LogP contribution in [0, 0.1) is 0 Å². The van der Waals surface area contributed by atoms with Crippen molar-refractivity contribution in [1.82, 2.24) is 0 Å². The Hall–Kier alpha value is -4.38. The van der Waals surface area contributed by atoms with Gasteiger partial charge in [-0.15, -0.1) is 0 Å². The lowest BCUT2D eigenvalue weighted by atomic mass is 10.1. The van der Waals surface area contributed by atoms with Gasteiger partial charge in [-0.05, 0) is 54.1 Å². The third-order valence-corrected chi connectivity index (χ3v) is 5.05. The summed E-state index contributed by atoms with van der Waals surface area (Å²) in [4.78, 5) is 30.2. The Kier molecular flexibility index (Phi) is 6.28. The molecule has 0 aliphatic carbocycles. The van der Waals surface area contributed by atoms with Gasteiger partial charge >= 0.3 is 11.8 Å². The molecular formula is C27H23N3O2. The molecule has 2 N–H and O–H groups in total. The van der Waals surface area contributed by atoms with E-state index in [4.69, 9.17) is 5.73 Å². The molecule has 0 atom stereocenters. The van der Waals surface area contributed by atoms with Crippen molar-refractivity contribution in [2.45, 2.75) is 6.54 Å². The number of carbonyl (C=O) groups is 2. The molecule has 0 aromatic heterocycles. The Morgan fingerprint density at radius 3 is 1.59 bits per heavy atom. The minimum Gasteiger partial charge on any atom is -0.399 e. The summed E-state index contributed by atoms with van der Waals surface area (Å²) < 4.78 is 0. The first-order valence-corrected chi connectivity index (χ1v) is 10.3. The summed E-state index contributed by atoms with van der Waals surface area (Å²) in [6.45, 7) is 0.278. The molecule has 0 radical (unpaired) electrons. The van der Waals surface area contributed by atoms with Gasteiger partial charge in [0.25, 0.3) is 0 Å². The number of nitrogen functional groups attached to an aromatic ring is 1. The van der Waals surface area contributed by atoms with Crippen LogP contribution < -0.4 is 15.5 Å². The molecule has 0 heterocycles. The van der Waals surface area contributed by atoms with Crippen molar-refractivity contribution in [3.8, 4) is 0 Å². The zero-order chi connectivity index (χ0) is 22.3. The summed E-state index contributed by atoms with van der Waals surface area (Å²) in [5.74, 6) is -1.28. The number of para-hydroxylation sites is 2. The quantitative estimate of drug-likeness (QED) is 0.357. The van der Waals surface area contributed by atoms with Crippen LogP contribution in [0.1, 0.15) is 5.56 Å². The van der Waals surface area contributed by atoms with Crippen molar-refractivity contribution < 1.29 is 9.59 Å². The van der Waals surface area contributed by atoms with Crippen LogP contribution in [-0.2, 0) is 16.1 Å². The molecule has 5 heteroatoms. The second-order valence-corrected chi connectivity index (χ2v) is 7.28. The Labute approximate surface area is 187 Å². The highest BCUT2D eigenvalue weighted by Crippen LogP contribution is 2.28. The lowest BCUT2D eigenvalue weighted by molar-refractivity contribution is -0.135. The first-order chi connectivity index (χ1) is 15.6. The predicted octanol–water partition coefficient (Wildman–Crippen LogP) is 5.17. The number of anilines is 4. The molecular weight excluding hydrogens is 398 g/mol. The Morgan fingerprint density at radius 2 is 1.03 bits per heavy atom. The van der Waals surface area contributed by atoms with Crippen molar-refractivity contribution in [2.75, 3.05) is 15.5 Å². The van der Waals surface area contributed by atoms with Crippen LogP contribution in [0.3, 0.4) is 0 Å². The fourth-order valence-corrected chi connectivity index (χ4v) is 3.45. The Morgan fingerprint density at radius 1 is 0.562 bits per heavy atom. The van der Waals surface area contributed by atoms with E-state index >= 15 is 0 Å². The lowest BCUT2D eigenvalue weighted by Gasteiger charge is -2.27. The molecule has 0 saturated heterocycles. The minimum atomic E-state index is -0.652. The summed E-state index contributed by atoms with van der Waals surface area (Å²) in [5.41, 5.74) is 9.16. The van der Waals surface area contributed by atoms with Gasteiger partial charge in [0.15, 0.2) is 0 Å². The van der Waals surface area contributed by atoms with E-state index in [9.17, 15) is 9.59 Å². The Bertz CT molecular complexity index is 1180. The van der Waals surface area contributed by atoms with Crippen molar-refractivity contribution >= 4 is 34.6 Å². The molecule has 0 spiro atoms. The van der Waals surface area contributed by atoms with Gasteiger partial charge in [0, 0.05) is 22.7 Å². The summed E-state index contributed by atoms with van der Waals surface area (Å²) in [7, 11) is 0. The summed E-state index contributed by atoms with van der Waals surface area (Å²) in [6, 6.07) is 34.8. The number of hydrogen-bond acceptors (Lipinski definition) is 3. The molecule has 0 saturated carbocycles. The van der Waals surface area contributed by atoms with E-state index < -0.39 is 11.8 Å². The van der Waals surface area contributed by atoms with Crippen molar-refractivity contribution in [1.29, 1.82) is 0 Å². The van der Waals surface area contributed by atoms with Crippen LogP contribution in [0.2, 0.25) is 0 Å². The molecule has 5 nitrogen and oxygen atoms in total. The van der Waals surface area contributed by atoms with E-state index in [1.807, 2.05) is 78.9 Å². The number of rotatable bonds is 5. The highest BCUT2D eigenvalue weighted by Gasteiger charge is 2.30. The number of amides is 2. The molecule has 0 fully saturated rings. The highest BCUT2D eigenvalue weighted by molar-refractivity contribution is 6.46. The Balaban J connectivity index is 1.73. The van der Waals surface area contributed by atoms with E-state index in [1.165, 1.54) is 9.80 Å². The number of benzene rings is 4. The second-order valence-electron chi connectivity index (χ2n) is 7.28. The zero-order valence-corrected chi connectivity index (χ0v) is 17.5. The van der Waals surface area contributed by atoms with Crippen LogP contribution in [0.5, 0.6) is 0 Å². The standard InChI is InChI=1S/C27H23N3O2/c28-22-16-18-25(19-17-22)30(24-14-8-3-9-15-24)27(32)26(31)29(23-12-6-2-7-13-23)20-21-10-4-1-5-11-21/h1-19H,20,28H2. The van der Waals surface area contributed by atoms with Crippen LogP contribution >= 0.6 is 0 Å². The van der Waals surface area contributed by atoms with Crippen molar-refractivity contribution in [2.24, 2.45) is 0 Å². The van der Waals surface area contributed by atoms with Crippen LogP contribution in [0.15, 0.2) is 115 Å². The fourth-order valence-electron chi connectivity index (χ4n) is 3.45. The van der Waals surface area contributed by atoms with Gasteiger partial charge in [0.1, 0.15) is 0 Å². The maximum absolute atomic E-state index is 13.6. The number of carbonyl (C=O) groups excluding carboxylic acids is 2. The maximum atomic E-state index is 13.6. The van der Waals surface area contributed by atoms with Gasteiger partial charge in [0.05, 0.1) is 6.54 Å². The van der Waals surface area contributed by atoms with E-state index in [1.54, 1.807) is 36.4 Å². The average molecular weight is 422 g/mol. The molecule has 2 amide bonds. The minimum absolute atomic E-state index is 0.278. The van der Waals surface area contributed by atoms with Gasteiger partial charge in [-0.3, -0.25) is 19.4 Å². The number of nitrogens with zero attached hydrogens (tertiary/aromatic N) is 2. The molecule has 0 aliphatic rings. The molecule has 0 unspecified atom stereocenters. The third kappa shape index (κ3) is 4.68. The third-order valence-electron chi connectivity index (χ3n) is 5.05. The topological polar surface area (TPSA) is 66.6 Å². The first-order valence-electron chi connectivity index (χ1n) is 10.3. The van der Waals surface area contributed by atoms with Crippen molar-refractivity contribution in [3.05, 3.63) is 121 Å². The first kappa shape index (κ1) is 20.9. The zero-order valence-electron chi connectivity index (χ0n) is 17.5. The highest BCUT2D eigenvalue weighted by atomic mass is 16.2. The van der Waals surface area contributed by atoms with Gasteiger partial charge < -0.3 is 5.73 Å². The van der Waals surface area contributed by atoms with Crippen LogP contribution in [-0.4, -0.2) is 11.8 Å². The van der Waals surface area contributed by atoms with E-state index in [0.29, 0.717) is 22.7 Å². The van der Waals surface area contributed by atoms with Gasteiger partial charge in [-0.2, -0.15) is 0 Å². The smallest absolute Gasteiger partial charge is 0.321 e. The second kappa shape index (κ2) is 9.62. The SMILES string of the molecule is Nc1ccc(N(C(=O)C(=O)N(Cc2ccccc2)c2ccccc2)c2ccccc2)cc1. The monoisotopic (exact) mass is 421 g/mol. The summed E-state index contributed by atoms with van der Waals surface area (Å²) in [5, 5.41) is 0. The van der Waals surface area contributed by atoms with Gasteiger partial charge in [-0.1, -0.05) is 66.7 Å². The summed E-state index contributed by atoms with van der Waals surface area (Å²) in [6.07, 6.45) is 0. The molecule has 4 rings (SSSR count). The summed E-state index contributed by atoms with van der Waals surface area (Å²) >= 11 is 0. The van der Waals surface area contributed by atoms with E-state index in [0.717, 1.165) is 5.56 Å². The van der Waals surface area contributed by atoms with Crippen molar-refractivity contribution in [3.63, 3.8) is 0 Å². The van der Waals surface area contributed by atoms with Gasteiger partial charge in [0.2, 0.25) is 0 Å². The lowest BCUT2D eigenvalue weighted by Crippen LogP contribution is -2.43. The molecule has 0 aliphatic heterocycles. The van der Waals surface area contributed by atoms with Gasteiger partial charge in [-0.25, -0.2) is 0 Å². The molecule has 158 valence electrons. The fraction of sp³-hybridized carbons (Fsp3) is 0.0370. The number of hydrogen-bond donors (Lipinski definition) is 1. The average Bonchev–Trinajstić information content (AvgIpc) is 2.85. The number of nitrogens with two attached hydrogens (primary N) is 1. The molecule has 0 bridgehead atoms. The van der Waals surface area contributed by atoms with Crippen LogP contribution in [0.4, 0.5) is 22.7 Å². The normalized spacial score (nSPS) is 10.4. The largest absolute Gasteiger partial charge is 0.399 e. The molecule has 4 aromatic carbocycles.